The topological polar surface area (TPSA) is 62.2 Å². The molecule has 0 aliphatic carbocycles. The molecule has 0 radical (unpaired) electrons. The van der Waals surface area contributed by atoms with Gasteiger partial charge in [0, 0.05) is 43.8 Å². The summed E-state index contributed by atoms with van der Waals surface area (Å²) in [7, 11) is 0. The minimum Gasteiger partial charge on any atom is -0.335 e. The molecule has 1 saturated heterocycles. The van der Waals surface area contributed by atoms with Crippen molar-refractivity contribution in [2.24, 2.45) is 0 Å². The first kappa shape index (κ1) is 17.1. The molecular formula is C21H21N5O. The van der Waals surface area contributed by atoms with Gasteiger partial charge in [0.05, 0.1) is 5.69 Å². The summed E-state index contributed by atoms with van der Waals surface area (Å²) in [5.74, 6) is 0.679. The van der Waals surface area contributed by atoms with Gasteiger partial charge in [-0.05, 0) is 30.7 Å². The van der Waals surface area contributed by atoms with E-state index in [-0.39, 0.29) is 5.91 Å². The Labute approximate surface area is 158 Å². The Morgan fingerprint density at radius 1 is 1.07 bits per heavy atom. The zero-order valence-corrected chi connectivity index (χ0v) is 15.2. The highest BCUT2D eigenvalue weighted by Gasteiger charge is 2.25. The van der Waals surface area contributed by atoms with Crippen LogP contribution >= 0.6 is 0 Å². The molecule has 0 atom stereocenters. The van der Waals surface area contributed by atoms with Crippen LogP contribution in [0.2, 0.25) is 0 Å². The Balaban J connectivity index is 1.46. The molecule has 0 saturated carbocycles. The lowest BCUT2D eigenvalue weighted by Crippen LogP contribution is -2.50. The predicted molar refractivity (Wildman–Crippen MR) is 104 cm³/mol. The highest BCUT2D eigenvalue weighted by Crippen LogP contribution is 2.19. The SMILES string of the molecule is Cc1cccc(CN2CCN(c3nccc(-c4cccnc4)n3)CC2=O)c1. The number of nitrogens with zero attached hydrogens (tertiary/aromatic N) is 5. The van der Waals surface area contributed by atoms with Crippen LogP contribution in [-0.4, -0.2) is 45.4 Å². The van der Waals surface area contributed by atoms with Gasteiger partial charge in [0.15, 0.2) is 0 Å². The van der Waals surface area contributed by atoms with Crippen molar-refractivity contribution in [3.63, 3.8) is 0 Å². The molecule has 0 bridgehead atoms. The van der Waals surface area contributed by atoms with Crippen LogP contribution in [-0.2, 0) is 11.3 Å². The highest BCUT2D eigenvalue weighted by atomic mass is 16.2. The third kappa shape index (κ3) is 3.95. The molecule has 4 rings (SSSR count). The summed E-state index contributed by atoms with van der Waals surface area (Å²) in [5.41, 5.74) is 4.11. The first-order valence-electron chi connectivity index (χ1n) is 9.01. The molecule has 6 nitrogen and oxygen atoms in total. The van der Waals surface area contributed by atoms with Gasteiger partial charge in [-0.3, -0.25) is 9.78 Å². The number of aromatic nitrogens is 3. The Hall–Kier alpha value is -3.28. The van der Waals surface area contributed by atoms with Crippen LogP contribution in [0, 0.1) is 6.92 Å². The van der Waals surface area contributed by atoms with Gasteiger partial charge < -0.3 is 9.80 Å². The number of carbonyl (C=O) groups excluding carboxylic acids is 1. The number of rotatable bonds is 4. The number of benzene rings is 1. The van der Waals surface area contributed by atoms with Gasteiger partial charge in [-0.15, -0.1) is 0 Å². The quantitative estimate of drug-likeness (QED) is 0.717. The van der Waals surface area contributed by atoms with Crippen LogP contribution in [0.5, 0.6) is 0 Å². The molecule has 2 aromatic heterocycles. The zero-order chi connectivity index (χ0) is 18.6. The standard InChI is InChI=1S/C21H21N5O/c1-16-4-2-5-17(12-16)14-25-10-11-26(15-20(25)27)21-23-9-7-19(24-21)18-6-3-8-22-13-18/h2-9,12-13H,10-11,14-15H2,1H3. The van der Waals surface area contributed by atoms with Crippen LogP contribution in [0.4, 0.5) is 5.95 Å². The number of piperazine rings is 1. The van der Waals surface area contributed by atoms with Crippen LogP contribution in [0.15, 0.2) is 61.1 Å². The summed E-state index contributed by atoms with van der Waals surface area (Å²) in [5, 5.41) is 0. The molecule has 136 valence electrons. The Morgan fingerprint density at radius 3 is 2.78 bits per heavy atom. The number of amides is 1. The molecular weight excluding hydrogens is 338 g/mol. The normalized spacial score (nSPS) is 14.5. The van der Waals surface area contributed by atoms with Gasteiger partial charge >= 0.3 is 0 Å². The molecule has 6 heteroatoms. The number of hydrogen-bond donors (Lipinski definition) is 0. The second-order valence-electron chi connectivity index (χ2n) is 6.71. The number of aryl methyl sites for hydroxylation is 1. The smallest absolute Gasteiger partial charge is 0.242 e. The van der Waals surface area contributed by atoms with Gasteiger partial charge in [0.1, 0.15) is 6.54 Å². The van der Waals surface area contributed by atoms with Crippen LogP contribution < -0.4 is 4.90 Å². The van der Waals surface area contributed by atoms with Gasteiger partial charge in [-0.1, -0.05) is 29.8 Å². The van der Waals surface area contributed by atoms with E-state index in [0.29, 0.717) is 32.1 Å². The highest BCUT2D eigenvalue weighted by molar-refractivity contribution is 5.82. The molecule has 27 heavy (non-hydrogen) atoms. The van der Waals surface area contributed by atoms with Crippen LogP contribution in [0.1, 0.15) is 11.1 Å². The van der Waals surface area contributed by atoms with E-state index in [1.54, 1.807) is 18.6 Å². The molecule has 1 aliphatic heterocycles. The van der Waals surface area contributed by atoms with Crippen molar-refractivity contribution in [2.45, 2.75) is 13.5 Å². The summed E-state index contributed by atoms with van der Waals surface area (Å²) in [6, 6.07) is 14.0. The molecule has 0 unspecified atom stereocenters. The summed E-state index contributed by atoms with van der Waals surface area (Å²) >= 11 is 0. The van der Waals surface area contributed by atoms with Crippen molar-refractivity contribution >= 4 is 11.9 Å². The van der Waals surface area contributed by atoms with Crippen LogP contribution in [0.3, 0.4) is 0 Å². The minimum absolute atomic E-state index is 0.0955. The molecule has 1 amide bonds. The van der Waals surface area contributed by atoms with Crippen molar-refractivity contribution in [1.82, 2.24) is 19.9 Å². The fourth-order valence-corrected chi connectivity index (χ4v) is 3.25. The van der Waals surface area contributed by atoms with Crippen molar-refractivity contribution < 1.29 is 4.79 Å². The van der Waals surface area contributed by atoms with Crippen molar-refractivity contribution in [1.29, 1.82) is 0 Å². The third-order valence-electron chi connectivity index (χ3n) is 4.66. The van der Waals surface area contributed by atoms with E-state index in [1.807, 2.05) is 34.1 Å². The monoisotopic (exact) mass is 359 g/mol. The fraction of sp³-hybridized carbons (Fsp3) is 0.238. The maximum Gasteiger partial charge on any atom is 0.242 e. The van der Waals surface area contributed by atoms with Gasteiger partial charge in [0.2, 0.25) is 11.9 Å². The van der Waals surface area contributed by atoms with E-state index in [1.165, 1.54) is 5.56 Å². The Bertz CT molecular complexity index is 944. The molecule has 1 aliphatic rings. The maximum absolute atomic E-state index is 12.6. The van der Waals surface area contributed by atoms with Crippen molar-refractivity contribution in [3.8, 4) is 11.3 Å². The molecule has 0 spiro atoms. The average Bonchev–Trinajstić information content (AvgIpc) is 2.70. The molecule has 1 aromatic carbocycles. The Kier molecular flexibility index (Phi) is 4.78. The first-order valence-corrected chi connectivity index (χ1v) is 9.01. The lowest BCUT2D eigenvalue weighted by Gasteiger charge is -2.34. The number of anilines is 1. The largest absolute Gasteiger partial charge is 0.335 e. The molecule has 3 heterocycles. The number of carbonyl (C=O) groups is 1. The lowest BCUT2D eigenvalue weighted by atomic mass is 10.1. The predicted octanol–water partition coefficient (Wildman–Crippen LogP) is 2.70. The zero-order valence-electron chi connectivity index (χ0n) is 15.2. The summed E-state index contributed by atoms with van der Waals surface area (Å²) < 4.78 is 0. The summed E-state index contributed by atoms with van der Waals surface area (Å²) in [6.07, 6.45) is 5.24. The number of hydrogen-bond acceptors (Lipinski definition) is 5. The summed E-state index contributed by atoms with van der Waals surface area (Å²) in [6.45, 7) is 4.38. The Morgan fingerprint density at radius 2 is 2.00 bits per heavy atom. The number of pyridine rings is 1. The van der Waals surface area contributed by atoms with E-state index in [9.17, 15) is 4.79 Å². The summed E-state index contributed by atoms with van der Waals surface area (Å²) in [4.78, 5) is 29.6. The lowest BCUT2D eigenvalue weighted by molar-refractivity contribution is -0.131. The molecule has 3 aromatic rings. The van der Waals surface area contributed by atoms with E-state index < -0.39 is 0 Å². The molecule has 1 fully saturated rings. The first-order chi connectivity index (χ1) is 13.2. The maximum atomic E-state index is 12.6. The van der Waals surface area contributed by atoms with Gasteiger partial charge in [-0.25, -0.2) is 9.97 Å². The average molecular weight is 359 g/mol. The second kappa shape index (κ2) is 7.53. The van der Waals surface area contributed by atoms with Crippen LogP contribution in [0.25, 0.3) is 11.3 Å². The van der Waals surface area contributed by atoms with E-state index in [4.69, 9.17) is 0 Å². The van der Waals surface area contributed by atoms with Gasteiger partial charge in [-0.2, -0.15) is 0 Å². The van der Waals surface area contributed by atoms with Crippen molar-refractivity contribution in [2.75, 3.05) is 24.5 Å². The van der Waals surface area contributed by atoms with E-state index in [2.05, 4.69) is 40.1 Å². The van der Waals surface area contributed by atoms with Gasteiger partial charge in [0.25, 0.3) is 0 Å². The third-order valence-corrected chi connectivity index (χ3v) is 4.66. The molecule has 0 N–H and O–H groups in total. The van der Waals surface area contributed by atoms with E-state index >= 15 is 0 Å². The minimum atomic E-state index is 0.0955. The van der Waals surface area contributed by atoms with Crippen molar-refractivity contribution in [3.05, 3.63) is 72.2 Å². The second-order valence-corrected chi connectivity index (χ2v) is 6.71. The van der Waals surface area contributed by atoms with E-state index in [0.717, 1.165) is 16.8 Å². The fourth-order valence-electron chi connectivity index (χ4n) is 3.25.